The van der Waals surface area contributed by atoms with Crippen molar-refractivity contribution in [1.82, 2.24) is 30.2 Å². The van der Waals surface area contributed by atoms with Gasteiger partial charge in [-0.15, -0.1) is 0 Å². The highest BCUT2D eigenvalue weighted by atomic mass is 19.1. The molecular formula is C66H74F4N6O3. The maximum absolute atomic E-state index is 14.2. The fraction of sp³-hybridized carbons (Fsp3) is 0.303. The Kier molecular flexibility index (Phi) is 23.0. The van der Waals surface area contributed by atoms with E-state index in [4.69, 9.17) is 4.74 Å². The third kappa shape index (κ3) is 17.5. The van der Waals surface area contributed by atoms with E-state index in [0.717, 1.165) is 136 Å². The number of rotatable bonds is 21. The molecule has 2 amide bonds. The van der Waals surface area contributed by atoms with Gasteiger partial charge in [0.15, 0.2) is 0 Å². The molecule has 0 unspecified atom stereocenters. The van der Waals surface area contributed by atoms with Gasteiger partial charge in [0, 0.05) is 57.5 Å². The first-order valence-corrected chi connectivity index (χ1v) is 27.3. The van der Waals surface area contributed by atoms with Crippen molar-refractivity contribution < 1.29 is 31.9 Å². The van der Waals surface area contributed by atoms with Crippen molar-refractivity contribution in [1.29, 1.82) is 0 Å². The van der Waals surface area contributed by atoms with Crippen LogP contribution in [-0.2, 0) is 16.0 Å². The summed E-state index contributed by atoms with van der Waals surface area (Å²) in [5.74, 6) is -1.31. The molecule has 9 nitrogen and oxygen atoms in total. The lowest BCUT2D eigenvalue weighted by molar-refractivity contribution is -0.128. The number of aryl methyl sites for hydroxylation is 1. The largest absolute Gasteiger partial charge is 0.494 e. The quantitative estimate of drug-likeness (QED) is 0.0323. The monoisotopic (exact) mass is 1070 g/mol. The van der Waals surface area contributed by atoms with Gasteiger partial charge in [-0.05, 0) is 179 Å². The van der Waals surface area contributed by atoms with Crippen LogP contribution < -0.4 is 4.74 Å². The molecule has 2 N–H and O–H groups in total. The number of nitrogens with zero attached hydrogens (tertiary/aromatic N) is 4. The predicted molar refractivity (Wildman–Crippen MR) is 314 cm³/mol. The standard InChI is InChI=1S/C33H35F2N3O.C26H24F2N2O.C7H15NO/c1-4-30(26-19-28(34)21-29(35)20-26)33(25-16-17-31-27(18-25)22-36-37-31)24-14-12-23(13-15-24)10-8-6-5-7-9-11-32(39)38(2)3;1-3-11-31-23-8-5-17(6-9-23)26(18-7-10-25-20(12-18)16-29-30-25)24(4-2)19-13-21(27)15-22(28)14-19;1-4-5-6-7(9)8(2)3/h9,11-22H,4-8,10H2,1-3H3,(H,36,37);5-10,12-16H,3-4,11H2,1-2H3,(H,29,30);4-6H2,1-3H3/b11-9+,33-30+;26-24+;. The minimum absolute atomic E-state index is 0.0157. The van der Waals surface area contributed by atoms with E-state index in [9.17, 15) is 27.2 Å². The number of nitrogens with one attached hydrogen (secondary N) is 2. The van der Waals surface area contributed by atoms with Crippen molar-refractivity contribution in [3.8, 4) is 5.75 Å². The van der Waals surface area contributed by atoms with Crippen molar-refractivity contribution in [2.45, 2.75) is 98.3 Å². The van der Waals surface area contributed by atoms with Crippen LogP contribution in [0, 0.1) is 23.3 Å². The summed E-state index contributed by atoms with van der Waals surface area (Å²) in [7, 11) is 7.08. The predicted octanol–water partition coefficient (Wildman–Crippen LogP) is 16.2. The second-order valence-corrected chi connectivity index (χ2v) is 19.8. The number of aromatic nitrogens is 4. The van der Waals surface area contributed by atoms with Crippen LogP contribution in [0.3, 0.4) is 0 Å². The average Bonchev–Trinajstić information content (AvgIpc) is 4.17. The summed E-state index contributed by atoms with van der Waals surface area (Å²) in [6, 6.07) is 35.8. The number of H-pyrrole nitrogens is 2. The average molecular weight is 1080 g/mol. The number of carbonyl (C=O) groups excluding carboxylic acids is 2. The first-order valence-electron chi connectivity index (χ1n) is 27.3. The van der Waals surface area contributed by atoms with Crippen LogP contribution in [0.1, 0.15) is 131 Å². The summed E-state index contributed by atoms with van der Waals surface area (Å²) in [4.78, 5) is 25.6. The number of hydrogen-bond acceptors (Lipinski definition) is 5. The number of fused-ring (bicyclic) bond motifs is 2. The van der Waals surface area contributed by atoms with Gasteiger partial charge in [0.2, 0.25) is 11.8 Å². The summed E-state index contributed by atoms with van der Waals surface area (Å²) in [5, 5.41) is 16.1. The maximum atomic E-state index is 14.2. The SMILES string of the molecule is CC/C(=C(/c1ccc(CCCCC/C=C/C(=O)N(C)C)cc1)c1ccc2[nH]ncc2c1)c1cc(F)cc(F)c1.CCCCC(=O)N(C)C.CCCOc1ccc(/C(=C(/CC)c2cc(F)cc(F)c2)c2ccc3[nH]ncc3c2)cc1. The highest BCUT2D eigenvalue weighted by Gasteiger charge is 2.18. The van der Waals surface area contributed by atoms with E-state index in [1.807, 2.05) is 74.5 Å². The topological polar surface area (TPSA) is 107 Å². The Morgan fingerprint density at radius 2 is 1.01 bits per heavy atom. The molecule has 0 saturated carbocycles. The molecule has 0 spiro atoms. The Morgan fingerprint density at radius 1 is 0.532 bits per heavy atom. The van der Waals surface area contributed by atoms with Gasteiger partial charge in [-0.1, -0.05) is 95.1 Å². The van der Waals surface area contributed by atoms with Gasteiger partial charge in [-0.2, -0.15) is 10.2 Å². The van der Waals surface area contributed by atoms with E-state index in [1.165, 1.54) is 29.8 Å². The molecule has 13 heteroatoms. The van der Waals surface area contributed by atoms with E-state index in [-0.39, 0.29) is 11.8 Å². The lowest BCUT2D eigenvalue weighted by Gasteiger charge is -2.17. The number of benzene rings is 6. The number of likely N-dealkylation sites (N-methyl/N-ethyl adjacent to an activating group) is 1. The molecule has 0 fully saturated rings. The van der Waals surface area contributed by atoms with Crippen molar-refractivity contribution >= 4 is 55.9 Å². The van der Waals surface area contributed by atoms with Crippen molar-refractivity contribution in [2.75, 3.05) is 34.8 Å². The number of halogens is 4. The number of aromatic amines is 2. The number of unbranched alkanes of at least 4 members (excludes halogenated alkanes) is 4. The molecule has 79 heavy (non-hydrogen) atoms. The first-order chi connectivity index (χ1) is 38.1. The van der Waals surface area contributed by atoms with Crippen LogP contribution in [0.25, 0.3) is 44.1 Å². The van der Waals surface area contributed by atoms with Crippen LogP contribution in [-0.4, -0.2) is 76.8 Å². The number of allylic oxidation sites excluding steroid dienone is 3. The van der Waals surface area contributed by atoms with E-state index in [0.29, 0.717) is 37.0 Å². The molecule has 0 aliphatic rings. The summed E-state index contributed by atoms with van der Waals surface area (Å²) in [6.07, 6.45) is 17.2. The van der Waals surface area contributed by atoms with Gasteiger partial charge < -0.3 is 14.5 Å². The van der Waals surface area contributed by atoms with Crippen LogP contribution in [0.2, 0.25) is 0 Å². The Labute approximate surface area is 463 Å². The molecule has 0 aliphatic heterocycles. The zero-order valence-corrected chi connectivity index (χ0v) is 46.9. The molecular weight excluding hydrogens is 1000 g/mol. The summed E-state index contributed by atoms with van der Waals surface area (Å²) < 4.78 is 62.2. The fourth-order valence-electron chi connectivity index (χ4n) is 9.16. The zero-order valence-electron chi connectivity index (χ0n) is 46.9. The second kappa shape index (κ2) is 30.2. The van der Waals surface area contributed by atoms with Gasteiger partial charge in [0.1, 0.15) is 29.0 Å². The number of hydrogen-bond donors (Lipinski definition) is 2. The van der Waals surface area contributed by atoms with Crippen LogP contribution in [0.5, 0.6) is 5.75 Å². The Morgan fingerprint density at radius 3 is 1.46 bits per heavy atom. The van der Waals surface area contributed by atoms with E-state index in [2.05, 4.69) is 64.6 Å². The molecule has 6 aromatic carbocycles. The third-order valence-corrected chi connectivity index (χ3v) is 13.3. The molecule has 0 aliphatic carbocycles. The zero-order chi connectivity index (χ0) is 56.8. The van der Waals surface area contributed by atoms with Crippen LogP contribution in [0.15, 0.2) is 146 Å². The molecule has 2 heterocycles. The smallest absolute Gasteiger partial charge is 0.245 e. The lowest BCUT2D eigenvalue weighted by Crippen LogP contribution is -2.20. The minimum Gasteiger partial charge on any atom is -0.494 e. The molecule has 2 aromatic heterocycles. The van der Waals surface area contributed by atoms with E-state index < -0.39 is 23.3 Å². The van der Waals surface area contributed by atoms with Gasteiger partial charge in [0.05, 0.1) is 30.0 Å². The highest BCUT2D eigenvalue weighted by molar-refractivity contribution is 6.01. The third-order valence-electron chi connectivity index (χ3n) is 13.3. The Bertz CT molecular complexity index is 3310. The molecule has 8 aromatic rings. The summed E-state index contributed by atoms with van der Waals surface area (Å²) in [6.45, 7) is 8.81. The van der Waals surface area contributed by atoms with Crippen LogP contribution in [0.4, 0.5) is 17.6 Å². The summed E-state index contributed by atoms with van der Waals surface area (Å²) in [5.41, 5.74) is 11.7. The Balaban J connectivity index is 0.000000225. The van der Waals surface area contributed by atoms with Crippen molar-refractivity contribution in [3.05, 3.63) is 208 Å². The molecule has 8 rings (SSSR count). The van der Waals surface area contributed by atoms with E-state index in [1.54, 1.807) is 56.5 Å². The molecule has 0 saturated heterocycles. The first kappa shape index (κ1) is 60.2. The van der Waals surface area contributed by atoms with Crippen molar-refractivity contribution in [2.24, 2.45) is 0 Å². The van der Waals surface area contributed by atoms with Gasteiger partial charge in [0.25, 0.3) is 0 Å². The number of amides is 2. The summed E-state index contributed by atoms with van der Waals surface area (Å²) >= 11 is 0. The number of carbonyl (C=O) groups is 2. The highest BCUT2D eigenvalue weighted by Crippen LogP contribution is 2.38. The molecule has 414 valence electrons. The van der Waals surface area contributed by atoms with Gasteiger partial charge in [-0.25, -0.2) is 17.6 Å². The number of ether oxygens (including phenoxy) is 1. The van der Waals surface area contributed by atoms with Crippen LogP contribution >= 0.6 is 0 Å². The van der Waals surface area contributed by atoms with E-state index >= 15 is 0 Å². The molecule has 0 radical (unpaired) electrons. The molecule has 0 bridgehead atoms. The fourth-order valence-corrected chi connectivity index (χ4v) is 9.16. The van der Waals surface area contributed by atoms with Gasteiger partial charge >= 0.3 is 0 Å². The van der Waals surface area contributed by atoms with Crippen molar-refractivity contribution in [3.63, 3.8) is 0 Å². The lowest BCUT2D eigenvalue weighted by atomic mass is 9.87. The second-order valence-electron chi connectivity index (χ2n) is 19.8. The normalized spacial score (nSPS) is 11.8. The molecule has 0 atom stereocenters. The maximum Gasteiger partial charge on any atom is 0.245 e. The minimum atomic E-state index is -0.589. The van der Waals surface area contributed by atoms with Gasteiger partial charge in [-0.3, -0.25) is 19.8 Å². The Hall–Kier alpha value is -8.06.